The zero-order chi connectivity index (χ0) is 15.2. The van der Waals surface area contributed by atoms with Gasteiger partial charge in [-0.05, 0) is 44.4 Å². The molecule has 2 N–H and O–H groups in total. The van der Waals surface area contributed by atoms with Crippen molar-refractivity contribution in [3.63, 3.8) is 0 Å². The summed E-state index contributed by atoms with van der Waals surface area (Å²) < 4.78 is 5.34. The van der Waals surface area contributed by atoms with Gasteiger partial charge in [0.1, 0.15) is 0 Å². The lowest BCUT2D eigenvalue weighted by atomic mass is 9.87. The number of carbonyl (C=O) groups is 2. The molecule has 1 aliphatic heterocycles. The van der Waals surface area contributed by atoms with Crippen LogP contribution in [0, 0.1) is 11.8 Å². The summed E-state index contributed by atoms with van der Waals surface area (Å²) in [6.07, 6.45) is 6.08. The quantitative estimate of drug-likeness (QED) is 0.828. The first-order valence-electron chi connectivity index (χ1n) is 7.88. The molecule has 6 heteroatoms. The molecule has 0 aromatic rings. The van der Waals surface area contributed by atoms with Gasteiger partial charge in [0.05, 0.1) is 12.0 Å². The molecule has 0 bridgehead atoms. The Bertz CT molecular complexity index is 367. The zero-order valence-electron chi connectivity index (χ0n) is 12.7. The molecule has 2 aliphatic rings. The normalized spacial score (nSPS) is 30.0. The highest BCUT2D eigenvalue weighted by molar-refractivity contribution is 5.76. The highest BCUT2D eigenvalue weighted by atomic mass is 16.5. The van der Waals surface area contributed by atoms with Gasteiger partial charge >= 0.3 is 12.0 Å². The first-order chi connectivity index (χ1) is 10.1. The van der Waals surface area contributed by atoms with E-state index in [1.165, 1.54) is 0 Å². The fraction of sp³-hybridized carbons (Fsp3) is 0.867. The van der Waals surface area contributed by atoms with Crippen LogP contribution in [0.3, 0.4) is 0 Å². The Balaban J connectivity index is 1.71. The van der Waals surface area contributed by atoms with Crippen LogP contribution in [0.2, 0.25) is 0 Å². The number of hydrogen-bond acceptors (Lipinski definition) is 3. The number of likely N-dealkylation sites (tertiary alicyclic amines) is 1. The minimum absolute atomic E-state index is 0.116. The largest absolute Gasteiger partial charge is 0.481 e. The van der Waals surface area contributed by atoms with Crippen LogP contribution >= 0.6 is 0 Å². The predicted molar refractivity (Wildman–Crippen MR) is 78.1 cm³/mol. The Morgan fingerprint density at radius 3 is 2.57 bits per heavy atom. The van der Waals surface area contributed by atoms with Gasteiger partial charge in [-0.2, -0.15) is 0 Å². The second-order valence-electron chi connectivity index (χ2n) is 6.19. The van der Waals surface area contributed by atoms with Crippen molar-refractivity contribution in [2.75, 3.05) is 26.7 Å². The molecule has 1 unspecified atom stereocenters. The molecule has 2 amide bonds. The molecule has 120 valence electrons. The number of urea groups is 1. The predicted octanol–water partition coefficient (Wildman–Crippen LogP) is 1.70. The van der Waals surface area contributed by atoms with Crippen LogP contribution in [0.5, 0.6) is 0 Å². The number of aliphatic carboxylic acids is 1. The highest BCUT2D eigenvalue weighted by Crippen LogP contribution is 2.25. The van der Waals surface area contributed by atoms with Crippen molar-refractivity contribution < 1.29 is 19.4 Å². The Hall–Kier alpha value is -1.30. The second kappa shape index (κ2) is 7.64. The number of nitrogens with zero attached hydrogens (tertiary/aromatic N) is 1. The molecule has 0 radical (unpaired) electrons. The van der Waals surface area contributed by atoms with Gasteiger partial charge in [0.15, 0.2) is 0 Å². The summed E-state index contributed by atoms with van der Waals surface area (Å²) in [5, 5.41) is 12.0. The Labute approximate surface area is 125 Å². The number of amides is 2. The van der Waals surface area contributed by atoms with Gasteiger partial charge in [-0.25, -0.2) is 4.79 Å². The molecule has 1 heterocycles. The molecule has 2 fully saturated rings. The lowest BCUT2D eigenvalue weighted by Gasteiger charge is -2.32. The standard InChI is InChI=1S/C15H26N2O4/c1-21-13-6-4-11(5-7-13)9-16-15(20)17-8-2-3-12(10-17)14(18)19/h11-13H,2-10H2,1H3,(H,16,20)(H,18,19). The molecule has 1 saturated carbocycles. The first kappa shape index (κ1) is 16.1. The van der Waals surface area contributed by atoms with Crippen molar-refractivity contribution in [2.45, 2.75) is 44.6 Å². The SMILES string of the molecule is COC1CCC(CNC(=O)N2CCCC(C(=O)O)C2)CC1. The lowest BCUT2D eigenvalue weighted by molar-refractivity contribution is -0.143. The van der Waals surface area contributed by atoms with E-state index in [4.69, 9.17) is 9.84 Å². The van der Waals surface area contributed by atoms with E-state index in [1.807, 2.05) is 0 Å². The van der Waals surface area contributed by atoms with Crippen molar-refractivity contribution in [2.24, 2.45) is 11.8 Å². The van der Waals surface area contributed by atoms with E-state index in [1.54, 1.807) is 12.0 Å². The molecule has 21 heavy (non-hydrogen) atoms. The summed E-state index contributed by atoms with van der Waals surface area (Å²) in [5.41, 5.74) is 0. The highest BCUT2D eigenvalue weighted by Gasteiger charge is 2.28. The molecule has 1 saturated heterocycles. The van der Waals surface area contributed by atoms with E-state index in [-0.39, 0.29) is 6.03 Å². The van der Waals surface area contributed by atoms with E-state index in [0.717, 1.165) is 32.1 Å². The summed E-state index contributed by atoms with van der Waals surface area (Å²) in [6, 6.07) is -0.116. The number of methoxy groups -OCH3 is 1. The molecule has 0 aromatic heterocycles. The number of carboxylic acids is 1. The van der Waals surface area contributed by atoms with Crippen molar-refractivity contribution in [3.8, 4) is 0 Å². The van der Waals surface area contributed by atoms with Crippen molar-refractivity contribution in [1.29, 1.82) is 0 Å². The Morgan fingerprint density at radius 2 is 1.95 bits per heavy atom. The number of ether oxygens (including phenoxy) is 1. The molecular formula is C15H26N2O4. The summed E-state index contributed by atoms with van der Waals surface area (Å²) in [7, 11) is 1.75. The van der Waals surface area contributed by atoms with Crippen LogP contribution in [0.25, 0.3) is 0 Å². The fourth-order valence-electron chi connectivity index (χ4n) is 3.28. The van der Waals surface area contributed by atoms with Crippen LogP contribution in [-0.4, -0.2) is 54.9 Å². The summed E-state index contributed by atoms with van der Waals surface area (Å²) in [4.78, 5) is 24.8. The van der Waals surface area contributed by atoms with Crippen LogP contribution in [-0.2, 0) is 9.53 Å². The molecule has 0 spiro atoms. The van der Waals surface area contributed by atoms with Crippen LogP contribution < -0.4 is 5.32 Å². The van der Waals surface area contributed by atoms with E-state index in [0.29, 0.717) is 38.1 Å². The molecule has 0 aromatic carbocycles. The average molecular weight is 298 g/mol. The van der Waals surface area contributed by atoms with Crippen LogP contribution in [0.1, 0.15) is 38.5 Å². The van der Waals surface area contributed by atoms with Gasteiger partial charge in [-0.15, -0.1) is 0 Å². The van der Waals surface area contributed by atoms with E-state index < -0.39 is 11.9 Å². The smallest absolute Gasteiger partial charge is 0.317 e. The monoisotopic (exact) mass is 298 g/mol. The number of nitrogens with one attached hydrogen (secondary N) is 1. The molecule has 6 nitrogen and oxygen atoms in total. The number of carboxylic acid groups (broad SMARTS) is 1. The van der Waals surface area contributed by atoms with Gasteiger partial charge in [0, 0.05) is 26.7 Å². The number of rotatable bonds is 4. The van der Waals surface area contributed by atoms with Gasteiger partial charge < -0.3 is 20.1 Å². The Morgan fingerprint density at radius 1 is 1.24 bits per heavy atom. The third kappa shape index (κ3) is 4.59. The minimum atomic E-state index is -0.801. The average Bonchev–Trinajstić information content (AvgIpc) is 2.53. The maximum atomic E-state index is 12.1. The summed E-state index contributed by atoms with van der Waals surface area (Å²) >= 11 is 0. The topological polar surface area (TPSA) is 78.9 Å². The van der Waals surface area contributed by atoms with Gasteiger partial charge in [0.25, 0.3) is 0 Å². The number of piperidine rings is 1. The zero-order valence-corrected chi connectivity index (χ0v) is 12.7. The van der Waals surface area contributed by atoms with Crippen molar-refractivity contribution in [3.05, 3.63) is 0 Å². The van der Waals surface area contributed by atoms with Gasteiger partial charge in [-0.3, -0.25) is 4.79 Å². The molecule has 1 atom stereocenters. The van der Waals surface area contributed by atoms with Gasteiger partial charge in [-0.1, -0.05) is 0 Å². The van der Waals surface area contributed by atoms with E-state index >= 15 is 0 Å². The van der Waals surface area contributed by atoms with Crippen molar-refractivity contribution >= 4 is 12.0 Å². The summed E-state index contributed by atoms with van der Waals surface area (Å²) in [5.74, 6) is -0.701. The Kier molecular flexibility index (Phi) is 5.85. The maximum absolute atomic E-state index is 12.1. The minimum Gasteiger partial charge on any atom is -0.481 e. The summed E-state index contributed by atoms with van der Waals surface area (Å²) in [6.45, 7) is 1.67. The second-order valence-corrected chi connectivity index (χ2v) is 6.19. The maximum Gasteiger partial charge on any atom is 0.317 e. The number of hydrogen-bond donors (Lipinski definition) is 2. The number of carbonyl (C=O) groups excluding carboxylic acids is 1. The van der Waals surface area contributed by atoms with Crippen molar-refractivity contribution in [1.82, 2.24) is 10.2 Å². The van der Waals surface area contributed by atoms with Crippen LogP contribution in [0.4, 0.5) is 4.79 Å². The van der Waals surface area contributed by atoms with E-state index in [9.17, 15) is 9.59 Å². The molecule has 2 rings (SSSR count). The van der Waals surface area contributed by atoms with E-state index in [2.05, 4.69) is 5.32 Å². The molecule has 1 aliphatic carbocycles. The van der Waals surface area contributed by atoms with Crippen LogP contribution in [0.15, 0.2) is 0 Å². The van der Waals surface area contributed by atoms with Gasteiger partial charge in [0.2, 0.25) is 0 Å². The third-order valence-corrected chi connectivity index (χ3v) is 4.73. The lowest BCUT2D eigenvalue weighted by Crippen LogP contribution is -2.48. The first-order valence-corrected chi connectivity index (χ1v) is 7.88. The third-order valence-electron chi connectivity index (χ3n) is 4.73. The fourth-order valence-corrected chi connectivity index (χ4v) is 3.28. The molecular weight excluding hydrogens is 272 g/mol.